The number of rotatable bonds is 2. The molecule has 0 amide bonds. The highest BCUT2D eigenvalue weighted by Crippen LogP contribution is 2.15. The third-order valence-corrected chi connectivity index (χ3v) is 2.93. The Hall–Kier alpha value is -1.68. The highest BCUT2D eigenvalue weighted by atomic mass is 35.5. The number of hydrogen-bond acceptors (Lipinski definition) is 1. The average Bonchev–Trinajstić information content (AvgIpc) is 2.33. The van der Waals surface area contributed by atoms with Gasteiger partial charge in [0.05, 0.1) is 5.88 Å². The molecule has 1 heterocycles. The average molecular weight is 270 g/mol. The number of pyridine rings is 1. The molecule has 0 bridgehead atoms. The van der Waals surface area contributed by atoms with Crippen LogP contribution in [0.2, 0.25) is 0 Å². The minimum Gasteiger partial charge on any atom is -0.320 e. The third kappa shape index (κ3) is 2.29. The largest absolute Gasteiger partial charge is 0.320 e. The van der Waals surface area contributed by atoms with Crippen molar-refractivity contribution in [3.05, 3.63) is 63.6 Å². The second kappa shape index (κ2) is 4.90. The topological polar surface area (TPSA) is 22.0 Å². The fourth-order valence-electron chi connectivity index (χ4n) is 1.69. The number of aryl methyl sites for hydroxylation is 1. The van der Waals surface area contributed by atoms with E-state index in [4.69, 9.17) is 11.6 Å². The van der Waals surface area contributed by atoms with Crippen LogP contribution >= 0.6 is 11.6 Å². The molecular weight excluding hydrogens is 260 g/mol. The molecule has 0 atom stereocenters. The van der Waals surface area contributed by atoms with Crippen LogP contribution in [0, 0.1) is 18.6 Å². The summed E-state index contributed by atoms with van der Waals surface area (Å²) in [4.78, 5) is 11.5. The maximum Gasteiger partial charge on any atom is 0.186 e. The van der Waals surface area contributed by atoms with Crippen molar-refractivity contribution in [3.63, 3.8) is 0 Å². The lowest BCUT2D eigenvalue weighted by Crippen LogP contribution is -2.13. The fourth-order valence-corrected chi connectivity index (χ4v) is 1.89. The van der Waals surface area contributed by atoms with Crippen molar-refractivity contribution in [1.29, 1.82) is 0 Å². The summed E-state index contributed by atoms with van der Waals surface area (Å²) >= 11 is 5.65. The maximum atomic E-state index is 13.2. The molecule has 1 aromatic carbocycles. The molecular formula is C13H10ClF2NO. The molecule has 0 aliphatic carbocycles. The van der Waals surface area contributed by atoms with Gasteiger partial charge in [-0.2, -0.15) is 0 Å². The van der Waals surface area contributed by atoms with E-state index in [1.165, 1.54) is 18.3 Å². The summed E-state index contributed by atoms with van der Waals surface area (Å²) in [6, 6.07) is 4.97. The molecule has 5 heteroatoms. The van der Waals surface area contributed by atoms with E-state index >= 15 is 0 Å². The SMILES string of the molecule is Cc1cc(=O)c(CCl)cn1-c1ccc(F)c(F)c1. The molecule has 0 N–H and O–H groups in total. The normalized spacial score (nSPS) is 10.7. The number of aromatic nitrogens is 1. The summed E-state index contributed by atoms with van der Waals surface area (Å²) in [7, 11) is 0. The van der Waals surface area contributed by atoms with E-state index in [0.717, 1.165) is 12.1 Å². The lowest BCUT2D eigenvalue weighted by molar-refractivity contribution is 0.508. The minimum absolute atomic E-state index is 0.0722. The van der Waals surface area contributed by atoms with Gasteiger partial charge in [-0.1, -0.05) is 0 Å². The molecule has 1 aromatic heterocycles. The second-order valence-electron chi connectivity index (χ2n) is 3.91. The molecule has 2 rings (SSSR count). The predicted octanol–water partition coefficient (Wildman–Crippen LogP) is 3.16. The van der Waals surface area contributed by atoms with Crippen LogP contribution in [-0.4, -0.2) is 4.57 Å². The van der Waals surface area contributed by atoms with E-state index in [1.54, 1.807) is 11.5 Å². The maximum absolute atomic E-state index is 13.2. The number of benzene rings is 1. The van der Waals surface area contributed by atoms with E-state index in [2.05, 4.69) is 0 Å². The first-order chi connectivity index (χ1) is 8.52. The van der Waals surface area contributed by atoms with Crippen molar-refractivity contribution in [1.82, 2.24) is 4.57 Å². The Balaban J connectivity index is 2.63. The van der Waals surface area contributed by atoms with Crippen molar-refractivity contribution in [2.45, 2.75) is 12.8 Å². The zero-order chi connectivity index (χ0) is 13.3. The summed E-state index contributed by atoms with van der Waals surface area (Å²) < 4.78 is 27.7. The molecule has 0 saturated heterocycles. The van der Waals surface area contributed by atoms with Gasteiger partial charge in [0.15, 0.2) is 17.1 Å². The van der Waals surface area contributed by atoms with Crippen molar-refractivity contribution in [2.75, 3.05) is 0 Å². The van der Waals surface area contributed by atoms with Crippen LogP contribution in [0.15, 0.2) is 35.3 Å². The highest BCUT2D eigenvalue weighted by Gasteiger charge is 2.07. The second-order valence-corrected chi connectivity index (χ2v) is 4.17. The minimum atomic E-state index is -0.932. The number of halogens is 3. The molecule has 2 nitrogen and oxygen atoms in total. The van der Waals surface area contributed by atoms with Crippen LogP contribution < -0.4 is 5.43 Å². The summed E-state index contributed by atoms with van der Waals surface area (Å²) in [6.45, 7) is 1.71. The lowest BCUT2D eigenvalue weighted by Gasteiger charge is -2.12. The molecule has 0 unspecified atom stereocenters. The Labute approximate surface area is 107 Å². The first-order valence-corrected chi connectivity index (χ1v) is 5.80. The lowest BCUT2D eigenvalue weighted by atomic mass is 10.2. The highest BCUT2D eigenvalue weighted by molar-refractivity contribution is 6.17. The van der Waals surface area contributed by atoms with Crippen LogP contribution in [0.3, 0.4) is 0 Å². The van der Waals surface area contributed by atoms with Crippen LogP contribution in [0.1, 0.15) is 11.3 Å². The van der Waals surface area contributed by atoms with Gasteiger partial charge in [-0.3, -0.25) is 4.79 Å². The first-order valence-electron chi connectivity index (χ1n) is 5.26. The van der Waals surface area contributed by atoms with Crippen LogP contribution in [0.25, 0.3) is 5.69 Å². The molecule has 0 radical (unpaired) electrons. The Morgan fingerprint density at radius 3 is 2.56 bits per heavy atom. The molecule has 0 saturated carbocycles. The van der Waals surface area contributed by atoms with Gasteiger partial charge in [0.1, 0.15) is 0 Å². The van der Waals surface area contributed by atoms with Gasteiger partial charge in [-0.15, -0.1) is 11.6 Å². The van der Waals surface area contributed by atoms with Crippen molar-refractivity contribution in [2.24, 2.45) is 0 Å². The Morgan fingerprint density at radius 1 is 1.22 bits per heavy atom. The van der Waals surface area contributed by atoms with Crippen LogP contribution in [0.5, 0.6) is 0 Å². The Bertz CT molecular complexity index is 652. The third-order valence-electron chi connectivity index (χ3n) is 2.65. The van der Waals surface area contributed by atoms with Crippen molar-refractivity contribution < 1.29 is 8.78 Å². The van der Waals surface area contributed by atoms with E-state index in [1.807, 2.05) is 0 Å². The van der Waals surface area contributed by atoms with E-state index in [0.29, 0.717) is 16.9 Å². The standard InChI is InChI=1S/C13H10ClF2NO/c1-8-4-13(18)9(6-14)7-17(8)10-2-3-11(15)12(16)5-10/h2-5,7H,6H2,1H3. The van der Waals surface area contributed by atoms with Crippen molar-refractivity contribution >= 4 is 11.6 Å². The van der Waals surface area contributed by atoms with Crippen molar-refractivity contribution in [3.8, 4) is 5.69 Å². The molecule has 0 fully saturated rings. The molecule has 18 heavy (non-hydrogen) atoms. The van der Waals surface area contributed by atoms with Crippen LogP contribution in [0.4, 0.5) is 8.78 Å². The molecule has 0 aliphatic heterocycles. The number of alkyl halides is 1. The molecule has 0 aliphatic rings. The zero-order valence-corrected chi connectivity index (χ0v) is 10.3. The summed E-state index contributed by atoms with van der Waals surface area (Å²) in [5.74, 6) is -1.77. The Morgan fingerprint density at radius 2 is 1.94 bits per heavy atom. The quantitative estimate of drug-likeness (QED) is 0.768. The Kier molecular flexibility index (Phi) is 3.48. The monoisotopic (exact) mass is 269 g/mol. The zero-order valence-electron chi connectivity index (χ0n) is 9.58. The van der Waals surface area contributed by atoms with Gasteiger partial charge in [0.2, 0.25) is 0 Å². The van der Waals surface area contributed by atoms with Gasteiger partial charge in [-0.05, 0) is 19.1 Å². The molecule has 2 aromatic rings. The van der Waals surface area contributed by atoms with Gasteiger partial charge in [0.25, 0.3) is 0 Å². The van der Waals surface area contributed by atoms with E-state index in [-0.39, 0.29) is 11.3 Å². The number of hydrogen-bond donors (Lipinski definition) is 0. The van der Waals surface area contributed by atoms with Gasteiger partial charge >= 0.3 is 0 Å². The van der Waals surface area contributed by atoms with E-state index in [9.17, 15) is 13.6 Å². The summed E-state index contributed by atoms with van der Waals surface area (Å²) in [5.41, 5.74) is 1.31. The first kappa shape index (κ1) is 12.8. The summed E-state index contributed by atoms with van der Waals surface area (Å²) in [5, 5.41) is 0. The number of nitrogens with zero attached hydrogens (tertiary/aromatic N) is 1. The summed E-state index contributed by atoms with van der Waals surface area (Å²) in [6.07, 6.45) is 1.54. The molecule has 94 valence electrons. The van der Waals surface area contributed by atoms with Gasteiger partial charge in [-0.25, -0.2) is 8.78 Å². The van der Waals surface area contributed by atoms with E-state index < -0.39 is 11.6 Å². The smallest absolute Gasteiger partial charge is 0.186 e. The molecule has 0 spiro atoms. The fraction of sp³-hybridized carbons (Fsp3) is 0.154. The van der Waals surface area contributed by atoms with Gasteiger partial charge < -0.3 is 4.57 Å². The van der Waals surface area contributed by atoms with Crippen LogP contribution in [-0.2, 0) is 5.88 Å². The van der Waals surface area contributed by atoms with Gasteiger partial charge in [0, 0.05) is 35.3 Å². The predicted molar refractivity (Wildman–Crippen MR) is 66.2 cm³/mol.